The van der Waals surface area contributed by atoms with Crippen molar-refractivity contribution in [2.45, 2.75) is 56.8 Å². The van der Waals surface area contributed by atoms with Gasteiger partial charge in [0, 0.05) is 11.6 Å². The van der Waals surface area contributed by atoms with Crippen molar-refractivity contribution in [3.63, 3.8) is 0 Å². The number of allylic oxidation sites excluding steroid dienone is 3. The van der Waals surface area contributed by atoms with Crippen LogP contribution in [0.15, 0.2) is 66.8 Å². The lowest BCUT2D eigenvalue weighted by atomic mass is 9.48. The maximum absolute atomic E-state index is 11.1. The van der Waals surface area contributed by atoms with Gasteiger partial charge in [-0.2, -0.15) is 0 Å². The number of carbonyl (C=O) groups is 1. The molecule has 0 aromatic heterocycles. The summed E-state index contributed by atoms with van der Waals surface area (Å²) in [5.41, 5.74) is 5.09. The number of carboxylic acids is 1. The fraction of sp³-hybridized carbons (Fsp3) is 0.433. The van der Waals surface area contributed by atoms with Gasteiger partial charge in [0.1, 0.15) is 5.75 Å². The van der Waals surface area contributed by atoms with E-state index in [1.807, 2.05) is 37.4 Å². The van der Waals surface area contributed by atoms with Crippen LogP contribution >= 0.6 is 0 Å². The molecule has 172 valence electrons. The summed E-state index contributed by atoms with van der Waals surface area (Å²) < 4.78 is 5.87. The van der Waals surface area contributed by atoms with Crippen molar-refractivity contribution in [1.82, 2.24) is 0 Å². The molecule has 1 N–H and O–H groups in total. The van der Waals surface area contributed by atoms with Crippen molar-refractivity contribution in [3.05, 3.63) is 83.4 Å². The normalized spacial score (nSPS) is 28.4. The van der Waals surface area contributed by atoms with E-state index in [4.69, 9.17) is 9.84 Å². The lowest BCUT2D eigenvalue weighted by molar-refractivity contribution is -0.131. The maximum atomic E-state index is 11.1. The Morgan fingerprint density at radius 3 is 2.27 bits per heavy atom. The summed E-state index contributed by atoms with van der Waals surface area (Å²) in [6.07, 6.45) is 15.2. The highest BCUT2D eigenvalue weighted by Gasteiger charge is 2.52. The number of methoxy groups -OCH3 is 1. The van der Waals surface area contributed by atoms with Crippen molar-refractivity contribution in [2.24, 2.45) is 17.8 Å². The largest absolute Gasteiger partial charge is 0.496 e. The second-order valence-corrected chi connectivity index (χ2v) is 10.5. The van der Waals surface area contributed by atoms with Crippen molar-refractivity contribution in [3.8, 4) is 5.75 Å². The molecule has 0 spiro atoms. The predicted molar refractivity (Wildman–Crippen MR) is 132 cm³/mol. The van der Waals surface area contributed by atoms with Gasteiger partial charge in [-0.3, -0.25) is 0 Å². The third-order valence-electron chi connectivity index (χ3n) is 8.18. The SMILES string of the molecule is COc1ccc(CCC=C(C=CC(=O)O)c2ccccc2)cc1C12CC3CC(CC(C3)C1)C2. The van der Waals surface area contributed by atoms with Gasteiger partial charge in [-0.1, -0.05) is 48.5 Å². The molecule has 0 aliphatic heterocycles. The summed E-state index contributed by atoms with van der Waals surface area (Å²) >= 11 is 0. The Morgan fingerprint density at radius 1 is 1.00 bits per heavy atom. The number of benzene rings is 2. The molecule has 3 nitrogen and oxygen atoms in total. The molecule has 4 bridgehead atoms. The monoisotopic (exact) mass is 442 g/mol. The second kappa shape index (κ2) is 9.21. The minimum Gasteiger partial charge on any atom is -0.496 e. The highest BCUT2D eigenvalue weighted by Crippen LogP contribution is 2.61. The molecule has 4 fully saturated rings. The van der Waals surface area contributed by atoms with Crippen LogP contribution in [0.2, 0.25) is 0 Å². The smallest absolute Gasteiger partial charge is 0.328 e. The predicted octanol–water partition coefficient (Wildman–Crippen LogP) is 6.82. The van der Waals surface area contributed by atoms with Crippen LogP contribution in [0.3, 0.4) is 0 Å². The van der Waals surface area contributed by atoms with E-state index in [0.717, 1.165) is 47.5 Å². The van der Waals surface area contributed by atoms with Crippen LogP contribution < -0.4 is 4.74 Å². The zero-order chi connectivity index (χ0) is 22.8. The van der Waals surface area contributed by atoms with E-state index < -0.39 is 5.97 Å². The van der Waals surface area contributed by atoms with E-state index in [9.17, 15) is 4.79 Å². The lowest BCUT2D eigenvalue weighted by Crippen LogP contribution is -2.48. The van der Waals surface area contributed by atoms with Gasteiger partial charge in [0.05, 0.1) is 7.11 Å². The molecular formula is C30H34O3. The van der Waals surface area contributed by atoms with E-state index in [-0.39, 0.29) is 0 Å². The first-order valence-electron chi connectivity index (χ1n) is 12.4. The first-order chi connectivity index (χ1) is 16.0. The Morgan fingerprint density at radius 2 is 1.67 bits per heavy atom. The summed E-state index contributed by atoms with van der Waals surface area (Å²) in [5.74, 6) is 2.85. The Labute approximate surface area is 197 Å². The number of carboxylic acid groups (broad SMARTS) is 1. The van der Waals surface area contributed by atoms with Gasteiger partial charge in [0.2, 0.25) is 0 Å². The van der Waals surface area contributed by atoms with E-state index in [1.165, 1.54) is 55.7 Å². The molecule has 4 saturated carbocycles. The minimum absolute atomic E-state index is 0.311. The van der Waals surface area contributed by atoms with Crippen LogP contribution in [0.5, 0.6) is 5.75 Å². The molecule has 0 unspecified atom stereocenters. The first kappa shape index (κ1) is 22.0. The average molecular weight is 443 g/mol. The van der Waals surface area contributed by atoms with Gasteiger partial charge < -0.3 is 9.84 Å². The molecule has 3 heteroatoms. The van der Waals surface area contributed by atoms with Crippen LogP contribution in [-0.4, -0.2) is 18.2 Å². The van der Waals surface area contributed by atoms with Crippen molar-refractivity contribution >= 4 is 11.5 Å². The fourth-order valence-corrected chi connectivity index (χ4v) is 7.23. The van der Waals surface area contributed by atoms with Crippen LogP contribution in [0.1, 0.15) is 61.6 Å². The second-order valence-electron chi connectivity index (χ2n) is 10.5. The van der Waals surface area contributed by atoms with Gasteiger partial charge in [-0.05, 0) is 103 Å². The molecule has 0 heterocycles. The third-order valence-corrected chi connectivity index (χ3v) is 8.18. The Kier molecular flexibility index (Phi) is 6.14. The molecule has 4 aliphatic carbocycles. The third kappa shape index (κ3) is 4.64. The summed E-state index contributed by atoms with van der Waals surface area (Å²) in [7, 11) is 1.81. The van der Waals surface area contributed by atoms with Gasteiger partial charge in [-0.25, -0.2) is 4.79 Å². The Balaban J connectivity index is 1.38. The van der Waals surface area contributed by atoms with E-state index in [0.29, 0.717) is 5.41 Å². The van der Waals surface area contributed by atoms with Crippen LogP contribution in [0.4, 0.5) is 0 Å². The molecule has 4 aliphatic rings. The van der Waals surface area contributed by atoms with E-state index >= 15 is 0 Å². The molecule has 0 radical (unpaired) electrons. The Hall–Kier alpha value is -2.81. The van der Waals surface area contributed by atoms with Gasteiger partial charge in [0.15, 0.2) is 0 Å². The van der Waals surface area contributed by atoms with E-state index in [1.54, 1.807) is 6.08 Å². The highest BCUT2D eigenvalue weighted by molar-refractivity contribution is 5.85. The molecule has 33 heavy (non-hydrogen) atoms. The van der Waals surface area contributed by atoms with Crippen molar-refractivity contribution in [1.29, 1.82) is 0 Å². The summed E-state index contributed by atoms with van der Waals surface area (Å²) in [6.45, 7) is 0. The number of rotatable bonds is 8. The number of hydrogen-bond acceptors (Lipinski definition) is 2. The quantitative estimate of drug-likeness (QED) is 0.360. The average Bonchev–Trinajstić information content (AvgIpc) is 2.80. The summed E-state index contributed by atoms with van der Waals surface area (Å²) in [4.78, 5) is 11.1. The summed E-state index contributed by atoms with van der Waals surface area (Å²) in [5, 5.41) is 9.08. The number of aryl methyl sites for hydroxylation is 1. The van der Waals surface area contributed by atoms with Crippen LogP contribution in [0.25, 0.3) is 5.57 Å². The van der Waals surface area contributed by atoms with Gasteiger partial charge >= 0.3 is 5.97 Å². The van der Waals surface area contributed by atoms with Gasteiger partial charge in [0.25, 0.3) is 0 Å². The summed E-state index contributed by atoms with van der Waals surface area (Å²) in [6, 6.07) is 16.8. The fourth-order valence-electron chi connectivity index (χ4n) is 7.23. The number of aliphatic carboxylic acids is 1. The topological polar surface area (TPSA) is 46.5 Å². The minimum atomic E-state index is -0.924. The molecule has 0 amide bonds. The zero-order valence-electron chi connectivity index (χ0n) is 19.5. The molecule has 6 rings (SSSR count). The Bertz CT molecular complexity index is 1030. The molecule has 2 aromatic rings. The lowest BCUT2D eigenvalue weighted by Gasteiger charge is -2.57. The molecule has 2 aromatic carbocycles. The van der Waals surface area contributed by atoms with Crippen LogP contribution in [-0.2, 0) is 16.6 Å². The molecule has 0 atom stereocenters. The number of hydrogen-bond donors (Lipinski definition) is 1. The zero-order valence-corrected chi connectivity index (χ0v) is 19.5. The first-order valence-corrected chi connectivity index (χ1v) is 12.4. The standard InChI is InChI=1S/C30H34O3/c1-33-28-12-10-21(6-5-9-26(11-13-29(31)32)25-7-3-2-4-8-25)17-27(28)30-18-22-14-23(19-30)16-24(15-22)20-30/h2-4,7-13,17,22-24H,5-6,14-16,18-20H2,1H3,(H,31,32). The van der Waals surface area contributed by atoms with Crippen LogP contribution in [0, 0.1) is 17.8 Å². The number of ether oxygens (including phenoxy) is 1. The molecule has 0 saturated heterocycles. The van der Waals surface area contributed by atoms with Crippen molar-refractivity contribution < 1.29 is 14.6 Å². The highest BCUT2D eigenvalue weighted by atomic mass is 16.5. The van der Waals surface area contributed by atoms with Gasteiger partial charge in [-0.15, -0.1) is 0 Å². The molecular weight excluding hydrogens is 408 g/mol. The van der Waals surface area contributed by atoms with E-state index in [2.05, 4.69) is 24.3 Å². The maximum Gasteiger partial charge on any atom is 0.328 e. The van der Waals surface area contributed by atoms with Crippen molar-refractivity contribution in [2.75, 3.05) is 7.11 Å².